The molecule has 0 spiro atoms. The molecule has 1 saturated carbocycles. The molecule has 2 aromatic heterocycles. The number of hydrogen-bond donors (Lipinski definition) is 2. The van der Waals surface area contributed by atoms with Gasteiger partial charge in [0.05, 0.1) is 5.60 Å². The number of aliphatic hydroxyl groups is 1. The molecule has 0 radical (unpaired) electrons. The third kappa shape index (κ3) is 3.59. The Bertz CT molecular complexity index is 636. The summed E-state index contributed by atoms with van der Waals surface area (Å²) >= 11 is 0. The summed E-state index contributed by atoms with van der Waals surface area (Å²) in [4.78, 5) is 8.30. The van der Waals surface area contributed by atoms with Gasteiger partial charge in [-0.3, -0.25) is 9.97 Å². The molecule has 1 unspecified atom stereocenters. The summed E-state index contributed by atoms with van der Waals surface area (Å²) in [5.41, 5.74) is 2.74. The first-order chi connectivity index (χ1) is 11.1. The van der Waals surface area contributed by atoms with Gasteiger partial charge < -0.3 is 10.4 Å². The molecule has 0 aliphatic heterocycles. The van der Waals surface area contributed by atoms with Gasteiger partial charge in [-0.2, -0.15) is 0 Å². The van der Waals surface area contributed by atoms with Crippen LogP contribution in [-0.2, 0) is 5.60 Å². The monoisotopic (exact) mass is 311 g/mol. The molecule has 1 fully saturated rings. The van der Waals surface area contributed by atoms with Crippen molar-refractivity contribution in [2.45, 2.75) is 57.2 Å². The van der Waals surface area contributed by atoms with E-state index in [1.165, 1.54) is 11.1 Å². The first-order valence-corrected chi connectivity index (χ1v) is 8.38. The van der Waals surface area contributed by atoms with Gasteiger partial charge in [-0.1, -0.05) is 6.07 Å². The molecule has 4 nitrogen and oxygen atoms in total. The number of aryl methyl sites for hydroxylation is 1. The minimum atomic E-state index is -0.720. The van der Waals surface area contributed by atoms with E-state index in [0.29, 0.717) is 12.1 Å². The summed E-state index contributed by atoms with van der Waals surface area (Å²) in [6.07, 6.45) is 10.8. The Hall–Kier alpha value is -1.78. The topological polar surface area (TPSA) is 58.0 Å². The summed E-state index contributed by atoms with van der Waals surface area (Å²) in [5, 5.41) is 14.6. The van der Waals surface area contributed by atoms with E-state index >= 15 is 0 Å². The maximum Gasteiger partial charge on any atom is 0.0912 e. The molecule has 1 atom stereocenters. The number of nitrogens with one attached hydrogen (secondary N) is 1. The fourth-order valence-electron chi connectivity index (χ4n) is 3.60. The predicted octanol–water partition coefficient (Wildman–Crippen LogP) is 3.27. The SMILES string of the molecule is Cc1cnccc1C(C)NC1CCC(O)(c2cccnc2)CC1. The second-order valence-electron chi connectivity index (χ2n) is 6.67. The summed E-state index contributed by atoms with van der Waals surface area (Å²) < 4.78 is 0. The summed E-state index contributed by atoms with van der Waals surface area (Å²) in [6.45, 7) is 4.30. The zero-order valence-electron chi connectivity index (χ0n) is 13.9. The second-order valence-corrected chi connectivity index (χ2v) is 6.67. The van der Waals surface area contributed by atoms with Crippen LogP contribution in [0.25, 0.3) is 0 Å². The number of nitrogens with zero attached hydrogens (tertiary/aromatic N) is 2. The third-order valence-corrected chi connectivity index (χ3v) is 5.03. The zero-order chi connectivity index (χ0) is 16.3. The van der Waals surface area contributed by atoms with Crippen LogP contribution in [0.5, 0.6) is 0 Å². The van der Waals surface area contributed by atoms with Crippen molar-refractivity contribution in [1.82, 2.24) is 15.3 Å². The number of aromatic nitrogens is 2. The minimum absolute atomic E-state index is 0.299. The third-order valence-electron chi connectivity index (χ3n) is 5.03. The lowest BCUT2D eigenvalue weighted by Crippen LogP contribution is -2.40. The van der Waals surface area contributed by atoms with E-state index in [0.717, 1.165) is 31.2 Å². The highest BCUT2D eigenvalue weighted by Crippen LogP contribution is 2.37. The Morgan fingerprint density at radius 3 is 2.57 bits per heavy atom. The second kappa shape index (κ2) is 6.77. The Morgan fingerprint density at radius 1 is 1.17 bits per heavy atom. The van der Waals surface area contributed by atoms with E-state index in [4.69, 9.17) is 0 Å². The van der Waals surface area contributed by atoms with Crippen LogP contribution in [0.3, 0.4) is 0 Å². The zero-order valence-corrected chi connectivity index (χ0v) is 13.9. The van der Waals surface area contributed by atoms with Gasteiger partial charge in [0.15, 0.2) is 0 Å². The molecule has 2 N–H and O–H groups in total. The standard InChI is InChI=1S/C19H25N3O/c1-14-12-21-11-7-18(14)15(2)22-17-5-8-19(23,9-6-17)16-4-3-10-20-13-16/h3-4,7,10-13,15,17,22-23H,5-6,8-9H2,1-2H3. The Morgan fingerprint density at radius 2 is 1.91 bits per heavy atom. The van der Waals surface area contributed by atoms with Gasteiger partial charge in [-0.05, 0) is 62.8 Å². The highest BCUT2D eigenvalue weighted by molar-refractivity contribution is 5.25. The maximum atomic E-state index is 10.9. The molecule has 0 amide bonds. The Balaban J connectivity index is 1.60. The summed E-state index contributed by atoms with van der Waals surface area (Å²) in [6, 6.07) is 6.69. The number of rotatable bonds is 4. The van der Waals surface area contributed by atoms with Crippen molar-refractivity contribution in [3.8, 4) is 0 Å². The van der Waals surface area contributed by atoms with Crippen molar-refractivity contribution in [3.05, 3.63) is 59.7 Å². The van der Waals surface area contributed by atoms with Crippen molar-refractivity contribution < 1.29 is 5.11 Å². The number of pyridine rings is 2. The minimum Gasteiger partial charge on any atom is -0.385 e. The Labute approximate surface area is 138 Å². The molecule has 0 bridgehead atoms. The van der Waals surface area contributed by atoms with Crippen LogP contribution in [0.2, 0.25) is 0 Å². The van der Waals surface area contributed by atoms with Crippen LogP contribution in [-0.4, -0.2) is 21.1 Å². The van der Waals surface area contributed by atoms with Crippen molar-refractivity contribution in [2.24, 2.45) is 0 Å². The van der Waals surface area contributed by atoms with Gasteiger partial charge in [-0.25, -0.2) is 0 Å². The molecule has 122 valence electrons. The van der Waals surface area contributed by atoms with Gasteiger partial charge in [0.2, 0.25) is 0 Å². The van der Waals surface area contributed by atoms with E-state index in [9.17, 15) is 5.11 Å². The quantitative estimate of drug-likeness (QED) is 0.910. The average Bonchev–Trinajstić information content (AvgIpc) is 2.58. The number of hydrogen-bond acceptors (Lipinski definition) is 4. The molecule has 23 heavy (non-hydrogen) atoms. The van der Waals surface area contributed by atoms with Gasteiger partial charge >= 0.3 is 0 Å². The highest BCUT2D eigenvalue weighted by atomic mass is 16.3. The molecular formula is C19H25N3O. The molecule has 3 rings (SSSR count). The van der Waals surface area contributed by atoms with Crippen molar-refractivity contribution >= 4 is 0 Å². The largest absolute Gasteiger partial charge is 0.385 e. The van der Waals surface area contributed by atoms with E-state index in [1.807, 2.05) is 24.5 Å². The Kier molecular flexibility index (Phi) is 4.74. The molecule has 2 aromatic rings. The molecule has 4 heteroatoms. The molecule has 0 aromatic carbocycles. The van der Waals surface area contributed by atoms with Gasteiger partial charge in [0, 0.05) is 42.4 Å². The predicted molar refractivity (Wildman–Crippen MR) is 90.9 cm³/mol. The van der Waals surface area contributed by atoms with Crippen LogP contribution >= 0.6 is 0 Å². The maximum absolute atomic E-state index is 10.9. The lowest BCUT2D eigenvalue weighted by Gasteiger charge is -2.37. The van der Waals surface area contributed by atoms with Crippen molar-refractivity contribution in [1.29, 1.82) is 0 Å². The van der Waals surface area contributed by atoms with Crippen molar-refractivity contribution in [2.75, 3.05) is 0 Å². The van der Waals surface area contributed by atoms with Gasteiger partial charge in [0.25, 0.3) is 0 Å². The summed E-state index contributed by atoms with van der Waals surface area (Å²) in [5.74, 6) is 0. The smallest absolute Gasteiger partial charge is 0.0912 e. The van der Waals surface area contributed by atoms with Crippen LogP contribution in [0.1, 0.15) is 55.3 Å². The highest BCUT2D eigenvalue weighted by Gasteiger charge is 2.35. The molecule has 0 saturated heterocycles. The molecule has 1 aliphatic rings. The average molecular weight is 311 g/mol. The fourth-order valence-corrected chi connectivity index (χ4v) is 3.60. The first kappa shape index (κ1) is 16.1. The van der Waals surface area contributed by atoms with Gasteiger partial charge in [0.1, 0.15) is 0 Å². The normalized spacial score (nSPS) is 26.0. The first-order valence-electron chi connectivity index (χ1n) is 8.38. The lowest BCUT2D eigenvalue weighted by atomic mass is 9.78. The molecular weight excluding hydrogens is 286 g/mol. The molecule has 2 heterocycles. The van der Waals surface area contributed by atoms with Crippen LogP contribution in [0, 0.1) is 6.92 Å². The lowest BCUT2D eigenvalue weighted by molar-refractivity contribution is -0.00951. The fraction of sp³-hybridized carbons (Fsp3) is 0.474. The van der Waals surface area contributed by atoms with Crippen molar-refractivity contribution in [3.63, 3.8) is 0 Å². The van der Waals surface area contributed by atoms with E-state index in [2.05, 4.69) is 35.2 Å². The van der Waals surface area contributed by atoms with E-state index < -0.39 is 5.60 Å². The van der Waals surface area contributed by atoms with Crippen LogP contribution in [0.4, 0.5) is 0 Å². The summed E-state index contributed by atoms with van der Waals surface area (Å²) in [7, 11) is 0. The van der Waals surface area contributed by atoms with Crippen LogP contribution < -0.4 is 5.32 Å². The molecule has 1 aliphatic carbocycles. The van der Waals surface area contributed by atoms with Gasteiger partial charge in [-0.15, -0.1) is 0 Å². The van der Waals surface area contributed by atoms with E-state index in [-0.39, 0.29) is 0 Å². The van der Waals surface area contributed by atoms with E-state index in [1.54, 1.807) is 12.4 Å². The van der Waals surface area contributed by atoms with Crippen LogP contribution in [0.15, 0.2) is 43.0 Å².